The van der Waals surface area contributed by atoms with Gasteiger partial charge < -0.3 is 25.1 Å². The highest BCUT2D eigenvalue weighted by Gasteiger charge is 2.17. The number of amides is 2. The molecule has 4 rings (SSSR count). The summed E-state index contributed by atoms with van der Waals surface area (Å²) in [5.41, 5.74) is 2.57. The quantitative estimate of drug-likeness (QED) is 0.665. The summed E-state index contributed by atoms with van der Waals surface area (Å²) in [6.07, 6.45) is 5.80. The Hall–Kier alpha value is -3.06. The number of urea groups is 1. The maximum Gasteiger partial charge on any atom is 0.319 e. The van der Waals surface area contributed by atoms with Gasteiger partial charge in [-0.15, -0.1) is 0 Å². The SMILES string of the molecule is O=C(NCc1ccn2ccnc2c1)Nc1ccc(OC2CNC2)cc1. The van der Waals surface area contributed by atoms with Crippen LogP contribution in [0.3, 0.4) is 0 Å². The molecule has 0 bridgehead atoms. The number of hydrogen-bond donors (Lipinski definition) is 3. The van der Waals surface area contributed by atoms with Crippen LogP contribution in [0.25, 0.3) is 5.65 Å². The van der Waals surface area contributed by atoms with Crippen LogP contribution in [0, 0.1) is 0 Å². The van der Waals surface area contributed by atoms with Crippen molar-refractivity contribution in [1.82, 2.24) is 20.0 Å². The molecule has 0 radical (unpaired) electrons. The number of nitrogens with one attached hydrogen (secondary N) is 3. The van der Waals surface area contributed by atoms with Crippen molar-refractivity contribution in [3.63, 3.8) is 0 Å². The van der Waals surface area contributed by atoms with Crippen molar-refractivity contribution in [3.8, 4) is 5.75 Å². The van der Waals surface area contributed by atoms with E-state index in [0.717, 1.165) is 35.7 Å². The van der Waals surface area contributed by atoms with Crippen LogP contribution in [0.15, 0.2) is 55.0 Å². The molecule has 0 unspecified atom stereocenters. The first-order chi connectivity index (χ1) is 12.3. The van der Waals surface area contributed by atoms with Gasteiger partial charge in [0, 0.05) is 43.9 Å². The Bertz CT molecular complexity index is 871. The molecule has 25 heavy (non-hydrogen) atoms. The number of pyridine rings is 1. The van der Waals surface area contributed by atoms with Crippen LogP contribution in [-0.2, 0) is 6.54 Å². The molecule has 128 valence electrons. The fourth-order valence-electron chi connectivity index (χ4n) is 2.57. The Kier molecular flexibility index (Phi) is 4.22. The molecule has 7 nitrogen and oxygen atoms in total. The summed E-state index contributed by atoms with van der Waals surface area (Å²) < 4.78 is 7.67. The Labute approximate surface area is 145 Å². The lowest BCUT2D eigenvalue weighted by Crippen LogP contribution is -2.50. The highest BCUT2D eigenvalue weighted by atomic mass is 16.5. The second kappa shape index (κ2) is 6.82. The molecule has 0 aliphatic carbocycles. The highest BCUT2D eigenvalue weighted by Crippen LogP contribution is 2.17. The van der Waals surface area contributed by atoms with E-state index in [0.29, 0.717) is 6.54 Å². The summed E-state index contributed by atoms with van der Waals surface area (Å²) in [7, 11) is 0. The molecule has 0 spiro atoms. The third kappa shape index (κ3) is 3.72. The van der Waals surface area contributed by atoms with Gasteiger partial charge in [-0.2, -0.15) is 0 Å². The monoisotopic (exact) mass is 337 g/mol. The Balaban J connectivity index is 1.29. The molecule has 1 aromatic carbocycles. The van der Waals surface area contributed by atoms with Gasteiger partial charge in [-0.25, -0.2) is 9.78 Å². The van der Waals surface area contributed by atoms with Crippen molar-refractivity contribution in [2.75, 3.05) is 18.4 Å². The molecule has 0 saturated carbocycles. The van der Waals surface area contributed by atoms with Crippen LogP contribution >= 0.6 is 0 Å². The van der Waals surface area contributed by atoms with E-state index in [1.807, 2.05) is 53.2 Å². The number of rotatable bonds is 5. The van der Waals surface area contributed by atoms with E-state index < -0.39 is 0 Å². The average molecular weight is 337 g/mol. The van der Waals surface area contributed by atoms with Crippen LogP contribution in [0.4, 0.5) is 10.5 Å². The summed E-state index contributed by atoms with van der Waals surface area (Å²) in [5, 5.41) is 8.82. The third-order valence-electron chi connectivity index (χ3n) is 4.07. The lowest BCUT2D eigenvalue weighted by molar-refractivity contribution is 0.142. The first-order valence-corrected chi connectivity index (χ1v) is 8.20. The first kappa shape index (κ1) is 15.5. The minimum Gasteiger partial charge on any atom is -0.488 e. The van der Waals surface area contributed by atoms with Gasteiger partial charge >= 0.3 is 6.03 Å². The first-order valence-electron chi connectivity index (χ1n) is 8.20. The fraction of sp³-hybridized carbons (Fsp3) is 0.222. The third-order valence-corrected chi connectivity index (χ3v) is 4.07. The molecule has 3 N–H and O–H groups in total. The minimum atomic E-state index is -0.250. The van der Waals surface area contributed by atoms with E-state index in [1.54, 1.807) is 6.20 Å². The predicted octanol–water partition coefficient (Wildman–Crippen LogP) is 2.01. The van der Waals surface area contributed by atoms with Gasteiger partial charge in [-0.05, 0) is 42.0 Å². The largest absolute Gasteiger partial charge is 0.488 e. The number of imidazole rings is 1. The number of anilines is 1. The van der Waals surface area contributed by atoms with Crippen LogP contribution in [-0.4, -0.2) is 34.6 Å². The second-order valence-electron chi connectivity index (χ2n) is 5.96. The van der Waals surface area contributed by atoms with Gasteiger partial charge in [0.05, 0.1) is 0 Å². The molecule has 1 aliphatic rings. The summed E-state index contributed by atoms with van der Waals surface area (Å²) in [6, 6.07) is 11.0. The Morgan fingerprint density at radius 2 is 2.08 bits per heavy atom. The number of ether oxygens (including phenoxy) is 1. The summed E-state index contributed by atoms with van der Waals surface area (Å²) >= 11 is 0. The van der Waals surface area contributed by atoms with Gasteiger partial charge in [0.15, 0.2) is 0 Å². The molecule has 2 amide bonds. The number of fused-ring (bicyclic) bond motifs is 1. The van der Waals surface area contributed by atoms with E-state index in [-0.39, 0.29) is 12.1 Å². The molecule has 7 heteroatoms. The van der Waals surface area contributed by atoms with E-state index >= 15 is 0 Å². The van der Waals surface area contributed by atoms with E-state index in [1.165, 1.54) is 0 Å². The van der Waals surface area contributed by atoms with Crippen molar-refractivity contribution in [2.24, 2.45) is 0 Å². The molecule has 2 aromatic heterocycles. The molecule has 3 aromatic rings. The molecule has 3 heterocycles. The van der Waals surface area contributed by atoms with Crippen LogP contribution in [0.5, 0.6) is 5.75 Å². The smallest absolute Gasteiger partial charge is 0.319 e. The van der Waals surface area contributed by atoms with E-state index in [4.69, 9.17) is 4.74 Å². The number of carbonyl (C=O) groups excluding carboxylic acids is 1. The van der Waals surface area contributed by atoms with Gasteiger partial charge in [0.25, 0.3) is 0 Å². The molecule has 1 fully saturated rings. The van der Waals surface area contributed by atoms with Gasteiger partial charge in [0.1, 0.15) is 17.5 Å². The summed E-state index contributed by atoms with van der Waals surface area (Å²) in [5.74, 6) is 0.811. The second-order valence-corrected chi connectivity index (χ2v) is 5.96. The molecule has 1 saturated heterocycles. The maximum atomic E-state index is 12.0. The normalized spacial score (nSPS) is 14.1. The van der Waals surface area contributed by atoms with Gasteiger partial charge in [-0.1, -0.05) is 0 Å². The zero-order valence-corrected chi connectivity index (χ0v) is 13.6. The lowest BCUT2D eigenvalue weighted by atomic mass is 10.2. The molecular weight excluding hydrogens is 318 g/mol. The fourth-order valence-corrected chi connectivity index (χ4v) is 2.57. The van der Waals surface area contributed by atoms with Crippen LogP contribution < -0.4 is 20.7 Å². The topological polar surface area (TPSA) is 79.7 Å². The number of nitrogens with zero attached hydrogens (tertiary/aromatic N) is 2. The molecular formula is C18H19N5O2. The van der Waals surface area contributed by atoms with Crippen LogP contribution in [0.1, 0.15) is 5.56 Å². The van der Waals surface area contributed by atoms with Gasteiger partial charge in [-0.3, -0.25) is 0 Å². The summed E-state index contributed by atoms with van der Waals surface area (Å²) in [6.45, 7) is 2.20. The Morgan fingerprint density at radius 3 is 2.84 bits per heavy atom. The number of hydrogen-bond acceptors (Lipinski definition) is 4. The lowest BCUT2D eigenvalue weighted by Gasteiger charge is -2.27. The van der Waals surface area contributed by atoms with Crippen molar-refractivity contribution in [1.29, 1.82) is 0 Å². The zero-order valence-electron chi connectivity index (χ0n) is 13.6. The van der Waals surface area contributed by atoms with Crippen molar-refractivity contribution < 1.29 is 9.53 Å². The highest BCUT2D eigenvalue weighted by molar-refractivity contribution is 5.89. The summed E-state index contributed by atoms with van der Waals surface area (Å²) in [4.78, 5) is 16.3. The maximum absolute atomic E-state index is 12.0. The zero-order chi connectivity index (χ0) is 17.1. The predicted molar refractivity (Wildman–Crippen MR) is 94.8 cm³/mol. The average Bonchev–Trinajstić information content (AvgIpc) is 3.05. The van der Waals surface area contributed by atoms with Crippen molar-refractivity contribution in [2.45, 2.75) is 12.6 Å². The van der Waals surface area contributed by atoms with E-state index in [2.05, 4.69) is 20.9 Å². The van der Waals surface area contributed by atoms with Crippen molar-refractivity contribution in [3.05, 3.63) is 60.6 Å². The standard InChI is InChI=1S/C18H19N5O2/c24-18(21-10-13-5-7-23-8-6-20-17(23)9-13)22-14-1-3-15(4-2-14)25-16-11-19-12-16/h1-9,16,19H,10-12H2,(H2,21,22,24). The molecule has 1 aliphatic heterocycles. The van der Waals surface area contributed by atoms with Crippen LogP contribution in [0.2, 0.25) is 0 Å². The Morgan fingerprint density at radius 1 is 1.24 bits per heavy atom. The van der Waals surface area contributed by atoms with Crippen molar-refractivity contribution >= 4 is 17.4 Å². The van der Waals surface area contributed by atoms with Gasteiger partial charge in [0.2, 0.25) is 0 Å². The number of aromatic nitrogens is 2. The molecule has 0 atom stereocenters. The number of carbonyl (C=O) groups is 1. The minimum absolute atomic E-state index is 0.245. The van der Waals surface area contributed by atoms with E-state index in [9.17, 15) is 4.79 Å². The number of benzene rings is 1.